The van der Waals surface area contributed by atoms with Crippen LogP contribution in [0.2, 0.25) is 5.02 Å². The number of carbonyl (C=O) groups is 1. The van der Waals surface area contributed by atoms with Crippen molar-refractivity contribution in [1.29, 1.82) is 0 Å². The molecular weight excluding hydrogens is 408 g/mol. The molecule has 29 heavy (non-hydrogen) atoms. The van der Waals surface area contributed by atoms with E-state index < -0.39 is 0 Å². The molecule has 1 atom stereocenters. The van der Waals surface area contributed by atoms with Gasteiger partial charge in [0.25, 0.3) is 0 Å². The van der Waals surface area contributed by atoms with Gasteiger partial charge in [0, 0.05) is 17.5 Å². The molecule has 6 nitrogen and oxygen atoms in total. The number of rotatable bonds is 6. The van der Waals surface area contributed by atoms with Crippen molar-refractivity contribution >= 4 is 40.2 Å². The third-order valence-electron chi connectivity index (χ3n) is 4.54. The molecule has 2 aromatic carbocycles. The fourth-order valence-corrected chi connectivity index (χ4v) is 3.92. The predicted octanol–water partition coefficient (Wildman–Crippen LogP) is 4.85. The number of carbonyl (C=O) groups excluding carboxylic acids is 1. The first-order valence-electron chi connectivity index (χ1n) is 9.07. The van der Waals surface area contributed by atoms with Gasteiger partial charge >= 0.3 is 0 Å². The number of hydrogen-bond acceptors (Lipinski definition) is 5. The average Bonchev–Trinajstić information content (AvgIpc) is 3.29. The Bertz CT molecular complexity index is 1160. The minimum atomic E-state index is -0.0608. The van der Waals surface area contributed by atoms with Crippen molar-refractivity contribution in [2.45, 2.75) is 18.1 Å². The van der Waals surface area contributed by atoms with Crippen molar-refractivity contribution < 1.29 is 9.21 Å². The lowest BCUT2D eigenvalue weighted by molar-refractivity contribution is -0.119. The molecule has 0 aliphatic heterocycles. The van der Waals surface area contributed by atoms with E-state index in [0.717, 1.165) is 16.5 Å². The van der Waals surface area contributed by atoms with E-state index in [0.29, 0.717) is 21.8 Å². The molecule has 0 radical (unpaired) electrons. The van der Waals surface area contributed by atoms with Crippen LogP contribution in [-0.4, -0.2) is 26.4 Å². The molecule has 8 heteroatoms. The largest absolute Gasteiger partial charge is 0.453 e. The zero-order valence-corrected chi connectivity index (χ0v) is 17.5. The van der Waals surface area contributed by atoms with Crippen LogP contribution in [-0.2, 0) is 11.8 Å². The Morgan fingerprint density at radius 1 is 1.21 bits per heavy atom. The molecule has 4 aromatic rings. The number of benzene rings is 2. The van der Waals surface area contributed by atoms with Gasteiger partial charge in [-0.25, -0.2) is 0 Å². The highest BCUT2D eigenvalue weighted by molar-refractivity contribution is 7.99. The maximum Gasteiger partial charge on any atom is 0.230 e. The summed E-state index contributed by atoms with van der Waals surface area (Å²) in [6.07, 6.45) is 0. The van der Waals surface area contributed by atoms with Gasteiger partial charge < -0.3 is 14.3 Å². The van der Waals surface area contributed by atoms with Crippen molar-refractivity contribution in [2.75, 3.05) is 5.75 Å². The SMILES string of the molecule is C[C@@H](NC(=O)CSc1nnc(-c2cc3cc(Cl)ccc3o2)n1C)c1ccccc1. The Morgan fingerprint density at radius 2 is 2.00 bits per heavy atom. The zero-order chi connectivity index (χ0) is 20.4. The van der Waals surface area contributed by atoms with E-state index in [1.54, 1.807) is 6.07 Å². The molecule has 0 aliphatic carbocycles. The highest BCUT2D eigenvalue weighted by Gasteiger charge is 2.17. The molecule has 1 amide bonds. The number of nitrogens with zero attached hydrogens (tertiary/aromatic N) is 3. The number of aromatic nitrogens is 3. The van der Waals surface area contributed by atoms with Crippen molar-refractivity contribution in [2.24, 2.45) is 7.05 Å². The highest BCUT2D eigenvalue weighted by Crippen LogP contribution is 2.30. The van der Waals surface area contributed by atoms with Gasteiger partial charge in [-0.2, -0.15) is 0 Å². The minimum absolute atomic E-state index is 0.0540. The molecule has 0 bridgehead atoms. The summed E-state index contributed by atoms with van der Waals surface area (Å²) in [4.78, 5) is 12.3. The minimum Gasteiger partial charge on any atom is -0.453 e. The number of fused-ring (bicyclic) bond motifs is 1. The van der Waals surface area contributed by atoms with Gasteiger partial charge in [-0.15, -0.1) is 10.2 Å². The number of amides is 1. The first-order chi connectivity index (χ1) is 14.0. The van der Waals surface area contributed by atoms with E-state index in [9.17, 15) is 4.79 Å². The summed E-state index contributed by atoms with van der Waals surface area (Å²) in [5.74, 6) is 1.39. The fourth-order valence-electron chi connectivity index (χ4n) is 3.02. The van der Waals surface area contributed by atoms with Crippen LogP contribution in [0, 0.1) is 0 Å². The van der Waals surface area contributed by atoms with Gasteiger partial charge in [0.05, 0.1) is 11.8 Å². The number of thioether (sulfide) groups is 1. The lowest BCUT2D eigenvalue weighted by atomic mass is 10.1. The van der Waals surface area contributed by atoms with E-state index in [1.807, 2.05) is 67.1 Å². The molecule has 0 spiro atoms. The average molecular weight is 427 g/mol. The van der Waals surface area contributed by atoms with Gasteiger partial charge in [-0.05, 0) is 36.8 Å². The Kier molecular flexibility index (Phi) is 5.60. The molecule has 0 saturated carbocycles. The van der Waals surface area contributed by atoms with Gasteiger partial charge in [0.2, 0.25) is 5.91 Å². The maximum absolute atomic E-state index is 12.3. The summed E-state index contributed by atoms with van der Waals surface area (Å²) in [5, 5.41) is 13.6. The molecule has 148 valence electrons. The maximum atomic E-state index is 12.3. The molecule has 0 fully saturated rings. The van der Waals surface area contributed by atoms with Crippen molar-refractivity contribution in [3.8, 4) is 11.6 Å². The van der Waals surface area contributed by atoms with Crippen LogP contribution in [0.25, 0.3) is 22.6 Å². The topological polar surface area (TPSA) is 73.0 Å². The van der Waals surface area contributed by atoms with Gasteiger partial charge in [0.15, 0.2) is 16.7 Å². The summed E-state index contributed by atoms with van der Waals surface area (Å²) in [6, 6.07) is 17.1. The van der Waals surface area contributed by atoms with Gasteiger partial charge in [-0.3, -0.25) is 4.79 Å². The molecule has 0 unspecified atom stereocenters. The van der Waals surface area contributed by atoms with Crippen molar-refractivity contribution in [3.05, 3.63) is 65.2 Å². The second-order valence-corrected chi connectivity index (χ2v) is 8.03. The van der Waals surface area contributed by atoms with Crippen LogP contribution >= 0.6 is 23.4 Å². The Labute approximate surface area is 177 Å². The lowest BCUT2D eigenvalue weighted by Crippen LogP contribution is -2.28. The number of nitrogens with one attached hydrogen (secondary N) is 1. The van der Waals surface area contributed by atoms with Gasteiger partial charge in [0.1, 0.15) is 5.58 Å². The van der Waals surface area contributed by atoms with Crippen molar-refractivity contribution in [3.63, 3.8) is 0 Å². The summed E-state index contributed by atoms with van der Waals surface area (Å²) >= 11 is 7.37. The van der Waals surface area contributed by atoms with E-state index in [1.165, 1.54) is 11.8 Å². The van der Waals surface area contributed by atoms with E-state index in [4.69, 9.17) is 16.0 Å². The number of halogens is 1. The van der Waals surface area contributed by atoms with Crippen molar-refractivity contribution in [1.82, 2.24) is 20.1 Å². The van der Waals surface area contributed by atoms with Gasteiger partial charge in [-0.1, -0.05) is 53.7 Å². The quantitative estimate of drug-likeness (QED) is 0.446. The third-order valence-corrected chi connectivity index (χ3v) is 5.80. The lowest BCUT2D eigenvalue weighted by Gasteiger charge is -2.13. The van der Waals surface area contributed by atoms with Crippen LogP contribution in [0.3, 0.4) is 0 Å². The zero-order valence-electron chi connectivity index (χ0n) is 15.9. The smallest absolute Gasteiger partial charge is 0.230 e. The second-order valence-electron chi connectivity index (χ2n) is 6.65. The van der Waals surface area contributed by atoms with Crippen LogP contribution in [0.1, 0.15) is 18.5 Å². The van der Waals surface area contributed by atoms with Crippen LogP contribution < -0.4 is 5.32 Å². The Balaban J connectivity index is 1.42. The molecule has 0 aliphatic rings. The molecule has 4 rings (SSSR count). The monoisotopic (exact) mass is 426 g/mol. The summed E-state index contributed by atoms with van der Waals surface area (Å²) < 4.78 is 7.68. The van der Waals surface area contributed by atoms with Crippen LogP contribution in [0.4, 0.5) is 0 Å². The molecule has 2 aromatic heterocycles. The van der Waals surface area contributed by atoms with Crippen LogP contribution in [0.15, 0.2) is 64.2 Å². The van der Waals surface area contributed by atoms with E-state index in [2.05, 4.69) is 15.5 Å². The molecule has 0 saturated heterocycles. The summed E-state index contributed by atoms with van der Waals surface area (Å²) in [7, 11) is 1.85. The summed E-state index contributed by atoms with van der Waals surface area (Å²) in [5.41, 5.74) is 1.80. The molecule has 2 heterocycles. The van der Waals surface area contributed by atoms with E-state index >= 15 is 0 Å². The normalized spacial score (nSPS) is 12.2. The third kappa shape index (κ3) is 4.31. The highest BCUT2D eigenvalue weighted by atomic mass is 35.5. The first kappa shape index (κ1) is 19.5. The van der Waals surface area contributed by atoms with E-state index in [-0.39, 0.29) is 17.7 Å². The molecule has 1 N–H and O–H groups in total. The predicted molar refractivity (Wildman–Crippen MR) is 115 cm³/mol. The fraction of sp³-hybridized carbons (Fsp3) is 0.190. The number of hydrogen-bond donors (Lipinski definition) is 1. The Hall–Kier alpha value is -2.77. The molecular formula is C21H19ClN4O2S. The number of furan rings is 1. The second kappa shape index (κ2) is 8.31. The Morgan fingerprint density at radius 3 is 2.79 bits per heavy atom. The first-order valence-corrected chi connectivity index (χ1v) is 10.4. The standard InChI is InChI=1S/C21H19ClN4O2S/c1-13(14-6-4-3-5-7-14)23-19(27)12-29-21-25-24-20(26(21)2)18-11-15-10-16(22)8-9-17(15)28-18/h3-11,13H,12H2,1-2H3,(H,23,27)/t13-/m1/s1. The van der Waals surface area contributed by atoms with Crippen LogP contribution in [0.5, 0.6) is 0 Å². The summed E-state index contributed by atoms with van der Waals surface area (Å²) in [6.45, 7) is 1.96.